The Morgan fingerprint density at radius 2 is 2.44 bits per heavy atom. The zero-order valence-electron chi connectivity index (χ0n) is 9.61. The molecule has 16 heavy (non-hydrogen) atoms. The fourth-order valence-electron chi connectivity index (χ4n) is 2.21. The van der Waals surface area contributed by atoms with E-state index in [4.69, 9.17) is 6.42 Å². The molecule has 1 aliphatic heterocycles. The van der Waals surface area contributed by atoms with Crippen LogP contribution in [0.2, 0.25) is 0 Å². The Labute approximate surface area is 96.8 Å². The van der Waals surface area contributed by atoms with Crippen LogP contribution in [0.25, 0.3) is 0 Å². The van der Waals surface area contributed by atoms with Gasteiger partial charge >= 0.3 is 0 Å². The average molecular weight is 215 g/mol. The lowest BCUT2D eigenvalue weighted by Gasteiger charge is -2.32. The van der Waals surface area contributed by atoms with Gasteiger partial charge in [0.15, 0.2) is 0 Å². The highest BCUT2D eigenvalue weighted by atomic mass is 15.5. The van der Waals surface area contributed by atoms with E-state index in [1.807, 2.05) is 13.2 Å². The summed E-state index contributed by atoms with van der Waals surface area (Å²) in [6, 6.07) is 2.08. The Balaban J connectivity index is 2.14. The Kier molecular flexibility index (Phi) is 3.55. The standard InChI is InChI=1S/C13H17N3/c1-3-11-7-13(9-15-8-11)12-5-4-6-16(10-12)14-2/h1,7-9,12,14H,4-6,10H2,2H3/t12-/m1/s1. The molecule has 0 aliphatic carbocycles. The van der Waals surface area contributed by atoms with Crippen LogP contribution < -0.4 is 5.43 Å². The first-order chi connectivity index (χ1) is 7.83. The molecule has 0 saturated carbocycles. The van der Waals surface area contributed by atoms with Gasteiger partial charge in [-0.25, -0.2) is 5.01 Å². The van der Waals surface area contributed by atoms with Crippen molar-refractivity contribution in [2.75, 3.05) is 20.1 Å². The quantitative estimate of drug-likeness (QED) is 0.755. The summed E-state index contributed by atoms with van der Waals surface area (Å²) in [6.07, 6.45) is 11.5. The summed E-state index contributed by atoms with van der Waals surface area (Å²) in [5, 5.41) is 2.25. The second kappa shape index (κ2) is 5.11. The van der Waals surface area contributed by atoms with Crippen LogP contribution in [0.15, 0.2) is 18.5 Å². The topological polar surface area (TPSA) is 28.2 Å². The van der Waals surface area contributed by atoms with Crippen LogP contribution in [0.3, 0.4) is 0 Å². The Hall–Kier alpha value is -1.37. The summed E-state index contributed by atoms with van der Waals surface area (Å²) in [4.78, 5) is 4.20. The van der Waals surface area contributed by atoms with Gasteiger partial charge in [-0.1, -0.05) is 5.92 Å². The Morgan fingerprint density at radius 1 is 1.56 bits per heavy atom. The number of aromatic nitrogens is 1. The number of rotatable bonds is 2. The minimum Gasteiger partial charge on any atom is -0.263 e. The van der Waals surface area contributed by atoms with Crippen molar-refractivity contribution in [3.8, 4) is 12.3 Å². The van der Waals surface area contributed by atoms with Crippen molar-refractivity contribution >= 4 is 0 Å². The first-order valence-corrected chi connectivity index (χ1v) is 5.67. The molecule has 0 unspecified atom stereocenters. The summed E-state index contributed by atoms with van der Waals surface area (Å²) >= 11 is 0. The summed E-state index contributed by atoms with van der Waals surface area (Å²) in [7, 11) is 1.97. The van der Waals surface area contributed by atoms with E-state index in [1.54, 1.807) is 6.20 Å². The SMILES string of the molecule is C#Cc1cncc([C@@H]2CCCN(NC)C2)c1. The van der Waals surface area contributed by atoms with Gasteiger partial charge in [0.1, 0.15) is 0 Å². The molecular formula is C13H17N3. The molecule has 1 aliphatic rings. The summed E-state index contributed by atoms with van der Waals surface area (Å²) < 4.78 is 0. The Morgan fingerprint density at radius 3 is 3.19 bits per heavy atom. The van der Waals surface area contributed by atoms with Crippen LogP contribution in [-0.4, -0.2) is 30.1 Å². The molecule has 0 amide bonds. The van der Waals surface area contributed by atoms with Gasteiger partial charge in [-0.3, -0.25) is 10.4 Å². The summed E-state index contributed by atoms with van der Waals surface area (Å²) in [6.45, 7) is 2.15. The van der Waals surface area contributed by atoms with Gasteiger partial charge in [0.25, 0.3) is 0 Å². The smallest absolute Gasteiger partial charge is 0.0428 e. The molecule has 3 heteroatoms. The largest absolute Gasteiger partial charge is 0.263 e. The lowest BCUT2D eigenvalue weighted by molar-refractivity contribution is 0.154. The van der Waals surface area contributed by atoms with E-state index in [2.05, 4.69) is 27.4 Å². The first kappa shape index (κ1) is 11.1. The third-order valence-corrected chi connectivity index (χ3v) is 3.14. The van der Waals surface area contributed by atoms with E-state index in [0.29, 0.717) is 5.92 Å². The van der Waals surface area contributed by atoms with E-state index >= 15 is 0 Å². The predicted octanol–water partition coefficient (Wildman–Crippen LogP) is 1.38. The van der Waals surface area contributed by atoms with E-state index in [1.165, 1.54) is 18.4 Å². The van der Waals surface area contributed by atoms with Crippen molar-refractivity contribution < 1.29 is 0 Å². The average Bonchev–Trinajstić information content (AvgIpc) is 2.39. The van der Waals surface area contributed by atoms with Gasteiger partial charge in [-0.05, 0) is 37.4 Å². The van der Waals surface area contributed by atoms with Crippen molar-refractivity contribution in [1.29, 1.82) is 0 Å². The van der Waals surface area contributed by atoms with Crippen molar-refractivity contribution in [3.05, 3.63) is 29.6 Å². The molecule has 1 atom stereocenters. The molecule has 0 spiro atoms. The third kappa shape index (κ3) is 2.41. The normalized spacial score (nSPS) is 21.6. The number of hydrogen-bond acceptors (Lipinski definition) is 3. The fraction of sp³-hybridized carbons (Fsp3) is 0.462. The molecule has 3 nitrogen and oxygen atoms in total. The van der Waals surface area contributed by atoms with E-state index < -0.39 is 0 Å². The van der Waals surface area contributed by atoms with Gasteiger partial charge in [0, 0.05) is 31.0 Å². The van der Waals surface area contributed by atoms with Crippen molar-refractivity contribution in [2.24, 2.45) is 0 Å². The van der Waals surface area contributed by atoms with Gasteiger partial charge in [-0.15, -0.1) is 6.42 Å². The van der Waals surface area contributed by atoms with Crippen LogP contribution in [0.1, 0.15) is 29.9 Å². The monoisotopic (exact) mass is 215 g/mol. The van der Waals surface area contributed by atoms with Crippen molar-refractivity contribution in [3.63, 3.8) is 0 Å². The molecule has 0 aromatic carbocycles. The Bertz CT molecular complexity index is 394. The predicted molar refractivity (Wildman–Crippen MR) is 64.8 cm³/mol. The zero-order chi connectivity index (χ0) is 11.4. The lowest BCUT2D eigenvalue weighted by Crippen LogP contribution is -2.42. The molecule has 1 N–H and O–H groups in total. The zero-order valence-corrected chi connectivity index (χ0v) is 9.61. The van der Waals surface area contributed by atoms with E-state index in [9.17, 15) is 0 Å². The summed E-state index contributed by atoms with van der Waals surface area (Å²) in [5.74, 6) is 3.18. The first-order valence-electron chi connectivity index (χ1n) is 5.67. The number of piperidine rings is 1. The molecule has 1 aromatic heterocycles. The van der Waals surface area contributed by atoms with Gasteiger partial charge in [-0.2, -0.15) is 0 Å². The van der Waals surface area contributed by atoms with Crippen LogP contribution in [0.5, 0.6) is 0 Å². The minimum absolute atomic E-state index is 0.544. The minimum atomic E-state index is 0.544. The van der Waals surface area contributed by atoms with Gasteiger partial charge in [0.05, 0.1) is 0 Å². The number of hydrazine groups is 1. The number of pyridine rings is 1. The van der Waals surface area contributed by atoms with Crippen LogP contribution in [-0.2, 0) is 0 Å². The second-order valence-electron chi connectivity index (χ2n) is 4.16. The second-order valence-corrected chi connectivity index (χ2v) is 4.16. The van der Waals surface area contributed by atoms with E-state index in [-0.39, 0.29) is 0 Å². The maximum absolute atomic E-state index is 5.39. The fourth-order valence-corrected chi connectivity index (χ4v) is 2.21. The van der Waals surface area contributed by atoms with Gasteiger partial charge in [0.2, 0.25) is 0 Å². The lowest BCUT2D eigenvalue weighted by atomic mass is 9.92. The highest BCUT2D eigenvalue weighted by molar-refractivity contribution is 5.33. The molecule has 1 saturated heterocycles. The molecule has 0 bridgehead atoms. The van der Waals surface area contributed by atoms with Crippen molar-refractivity contribution in [1.82, 2.24) is 15.4 Å². The molecule has 84 valence electrons. The molecule has 1 aromatic rings. The summed E-state index contributed by atoms with van der Waals surface area (Å²) in [5.41, 5.74) is 5.34. The third-order valence-electron chi connectivity index (χ3n) is 3.14. The molecule has 2 rings (SSSR count). The molecule has 2 heterocycles. The van der Waals surface area contributed by atoms with Crippen molar-refractivity contribution in [2.45, 2.75) is 18.8 Å². The van der Waals surface area contributed by atoms with Gasteiger partial charge < -0.3 is 0 Å². The maximum atomic E-state index is 5.39. The number of terminal acetylenes is 1. The highest BCUT2D eigenvalue weighted by Gasteiger charge is 2.20. The molecular weight excluding hydrogens is 198 g/mol. The number of nitrogens with one attached hydrogen (secondary N) is 1. The van der Waals surface area contributed by atoms with Crippen LogP contribution >= 0.6 is 0 Å². The number of nitrogens with zero attached hydrogens (tertiary/aromatic N) is 2. The molecule has 0 radical (unpaired) electrons. The van der Waals surface area contributed by atoms with E-state index in [0.717, 1.165) is 18.7 Å². The van der Waals surface area contributed by atoms with Crippen LogP contribution in [0.4, 0.5) is 0 Å². The van der Waals surface area contributed by atoms with Crippen LogP contribution in [0, 0.1) is 12.3 Å². The number of hydrogen-bond donors (Lipinski definition) is 1. The maximum Gasteiger partial charge on any atom is 0.0428 e. The highest BCUT2D eigenvalue weighted by Crippen LogP contribution is 2.25. The molecule has 1 fully saturated rings.